The number of rotatable bonds is 3. The molecule has 17 heavy (non-hydrogen) atoms. The second-order valence-electron chi connectivity index (χ2n) is 4.09. The number of hydrogen-bond donors (Lipinski definition) is 1. The average molecular weight is 238 g/mol. The van der Waals surface area contributed by atoms with Gasteiger partial charge in [-0.2, -0.15) is 0 Å². The van der Waals surface area contributed by atoms with E-state index in [0.29, 0.717) is 13.0 Å². The summed E-state index contributed by atoms with van der Waals surface area (Å²) in [6.07, 6.45) is 0.363. The van der Waals surface area contributed by atoms with E-state index in [9.17, 15) is 9.18 Å². The summed E-state index contributed by atoms with van der Waals surface area (Å²) in [5.74, 6) is -0.302. The van der Waals surface area contributed by atoms with Crippen molar-refractivity contribution in [3.8, 4) is 0 Å². The van der Waals surface area contributed by atoms with Crippen molar-refractivity contribution in [1.29, 1.82) is 0 Å². The van der Waals surface area contributed by atoms with Crippen molar-refractivity contribution in [2.75, 3.05) is 20.2 Å². The van der Waals surface area contributed by atoms with Gasteiger partial charge in [0.05, 0.1) is 19.2 Å². The van der Waals surface area contributed by atoms with Crippen molar-refractivity contribution in [3.63, 3.8) is 0 Å². The molecule has 0 bridgehead atoms. The molecule has 1 aliphatic rings. The van der Waals surface area contributed by atoms with Gasteiger partial charge in [0.2, 0.25) is 5.91 Å². The molecule has 5 heteroatoms. The Morgan fingerprint density at radius 3 is 2.65 bits per heavy atom. The van der Waals surface area contributed by atoms with Crippen molar-refractivity contribution < 1.29 is 14.3 Å². The van der Waals surface area contributed by atoms with E-state index in [1.165, 1.54) is 17.1 Å². The number of carbonyl (C=O) groups excluding carboxylic acids is 1. The molecule has 1 saturated heterocycles. The van der Waals surface area contributed by atoms with Crippen LogP contribution in [-0.4, -0.2) is 41.2 Å². The number of hydrazine groups is 1. The van der Waals surface area contributed by atoms with Crippen molar-refractivity contribution in [2.45, 2.75) is 12.5 Å². The molecule has 0 aromatic heterocycles. The van der Waals surface area contributed by atoms with Crippen molar-refractivity contribution in [2.24, 2.45) is 0 Å². The topological polar surface area (TPSA) is 43.8 Å². The summed E-state index contributed by atoms with van der Waals surface area (Å²) in [5, 5.41) is 12.2. The molecule has 0 spiro atoms. The van der Waals surface area contributed by atoms with E-state index >= 15 is 0 Å². The highest BCUT2D eigenvalue weighted by atomic mass is 19.1. The lowest BCUT2D eigenvalue weighted by Crippen LogP contribution is -2.38. The molecule has 1 aliphatic heterocycles. The zero-order valence-electron chi connectivity index (χ0n) is 9.64. The van der Waals surface area contributed by atoms with E-state index in [2.05, 4.69) is 0 Å². The molecular weight excluding hydrogens is 223 g/mol. The van der Waals surface area contributed by atoms with Crippen molar-refractivity contribution in [1.82, 2.24) is 10.0 Å². The van der Waals surface area contributed by atoms with Gasteiger partial charge < -0.3 is 5.11 Å². The second kappa shape index (κ2) is 4.81. The Morgan fingerprint density at radius 1 is 1.41 bits per heavy atom. The number of nitrogens with zero attached hydrogens (tertiary/aromatic N) is 2. The number of amides is 1. The molecule has 1 heterocycles. The quantitative estimate of drug-likeness (QED) is 0.852. The van der Waals surface area contributed by atoms with Crippen LogP contribution in [0.2, 0.25) is 0 Å². The molecule has 92 valence electrons. The van der Waals surface area contributed by atoms with E-state index in [0.717, 1.165) is 5.56 Å². The maximum Gasteiger partial charge on any atom is 0.238 e. The van der Waals surface area contributed by atoms with Crippen molar-refractivity contribution in [3.05, 3.63) is 35.6 Å². The van der Waals surface area contributed by atoms with Crippen LogP contribution in [0.1, 0.15) is 18.0 Å². The Kier molecular flexibility index (Phi) is 3.40. The first kappa shape index (κ1) is 12.0. The fraction of sp³-hybridized carbons (Fsp3) is 0.417. The Bertz CT molecular complexity index is 407. The standard InChI is InChI=1S/C12H15FN2O2/c1-14-11(8-12(17)15(14)6-7-16)9-2-4-10(13)5-3-9/h2-5,11,16H,6-8H2,1H3. The number of hydrogen-bond acceptors (Lipinski definition) is 3. The minimum Gasteiger partial charge on any atom is -0.394 e. The van der Waals surface area contributed by atoms with E-state index in [1.54, 1.807) is 24.2 Å². The molecule has 1 fully saturated rings. The lowest BCUT2D eigenvalue weighted by atomic mass is 10.0. The van der Waals surface area contributed by atoms with Gasteiger partial charge in [0.1, 0.15) is 5.82 Å². The summed E-state index contributed by atoms with van der Waals surface area (Å²) in [5.41, 5.74) is 0.905. The molecule has 1 aromatic rings. The number of halogens is 1. The molecule has 1 aromatic carbocycles. The van der Waals surface area contributed by atoms with E-state index < -0.39 is 0 Å². The summed E-state index contributed by atoms with van der Waals surface area (Å²) < 4.78 is 12.8. The first-order valence-corrected chi connectivity index (χ1v) is 5.53. The van der Waals surface area contributed by atoms with E-state index in [4.69, 9.17) is 5.11 Å². The second-order valence-corrected chi connectivity index (χ2v) is 4.09. The predicted molar refractivity (Wildman–Crippen MR) is 60.3 cm³/mol. The molecule has 0 radical (unpaired) electrons. The maximum absolute atomic E-state index is 12.8. The van der Waals surface area contributed by atoms with Gasteiger partial charge in [0, 0.05) is 13.5 Å². The van der Waals surface area contributed by atoms with Gasteiger partial charge in [-0.15, -0.1) is 0 Å². The molecule has 1 atom stereocenters. The van der Waals surface area contributed by atoms with E-state index in [1.807, 2.05) is 0 Å². The monoisotopic (exact) mass is 238 g/mol. The van der Waals surface area contributed by atoms with Crippen LogP contribution in [0.4, 0.5) is 4.39 Å². The van der Waals surface area contributed by atoms with Crippen LogP contribution in [-0.2, 0) is 4.79 Å². The fourth-order valence-corrected chi connectivity index (χ4v) is 2.14. The molecule has 1 N–H and O–H groups in total. The Balaban J connectivity index is 2.18. The van der Waals surface area contributed by atoms with Gasteiger partial charge in [-0.1, -0.05) is 12.1 Å². The van der Waals surface area contributed by atoms with Crippen LogP contribution >= 0.6 is 0 Å². The minimum atomic E-state index is -0.284. The van der Waals surface area contributed by atoms with Gasteiger partial charge in [-0.3, -0.25) is 9.80 Å². The molecular formula is C12H15FN2O2. The highest BCUT2D eigenvalue weighted by molar-refractivity contribution is 5.78. The third-order valence-electron chi connectivity index (χ3n) is 3.05. The molecule has 4 nitrogen and oxygen atoms in total. The van der Waals surface area contributed by atoms with Crippen LogP contribution in [0.5, 0.6) is 0 Å². The fourth-order valence-electron chi connectivity index (χ4n) is 2.14. The van der Waals surface area contributed by atoms with Crippen LogP contribution in [0.15, 0.2) is 24.3 Å². The lowest BCUT2D eigenvalue weighted by Gasteiger charge is -2.27. The number of β-amino-alcohol motifs (C(OH)–C–C–N with tert-alkyl or cyclic N) is 1. The van der Waals surface area contributed by atoms with Crippen LogP contribution in [0.25, 0.3) is 0 Å². The summed E-state index contributed by atoms with van der Waals surface area (Å²) in [7, 11) is 1.80. The minimum absolute atomic E-state index is 0.0177. The predicted octanol–water partition coefficient (Wildman–Crippen LogP) is 0.938. The summed E-state index contributed by atoms with van der Waals surface area (Å²) >= 11 is 0. The van der Waals surface area contributed by atoms with Gasteiger partial charge >= 0.3 is 0 Å². The van der Waals surface area contributed by atoms with Gasteiger partial charge in [-0.25, -0.2) is 9.40 Å². The zero-order valence-corrected chi connectivity index (χ0v) is 9.64. The van der Waals surface area contributed by atoms with E-state index in [-0.39, 0.29) is 24.4 Å². The first-order valence-electron chi connectivity index (χ1n) is 5.53. The number of carbonyl (C=O) groups is 1. The Labute approximate surface area is 99.2 Å². The van der Waals surface area contributed by atoms with Gasteiger partial charge in [0.25, 0.3) is 0 Å². The summed E-state index contributed by atoms with van der Waals surface area (Å²) in [6.45, 7) is 0.235. The smallest absolute Gasteiger partial charge is 0.238 e. The zero-order chi connectivity index (χ0) is 12.4. The van der Waals surface area contributed by atoms with Gasteiger partial charge in [-0.05, 0) is 17.7 Å². The maximum atomic E-state index is 12.8. The van der Waals surface area contributed by atoms with Gasteiger partial charge in [0.15, 0.2) is 0 Å². The Morgan fingerprint density at radius 2 is 2.06 bits per heavy atom. The highest BCUT2D eigenvalue weighted by Crippen LogP contribution is 2.31. The van der Waals surface area contributed by atoms with Crippen LogP contribution < -0.4 is 0 Å². The molecule has 0 saturated carbocycles. The van der Waals surface area contributed by atoms with Crippen LogP contribution in [0.3, 0.4) is 0 Å². The molecule has 1 amide bonds. The largest absolute Gasteiger partial charge is 0.394 e. The molecule has 1 unspecified atom stereocenters. The number of aliphatic hydroxyl groups is 1. The normalized spacial score (nSPS) is 21.2. The van der Waals surface area contributed by atoms with Crippen LogP contribution in [0, 0.1) is 5.82 Å². The van der Waals surface area contributed by atoms with Crippen molar-refractivity contribution >= 4 is 5.91 Å². The number of benzene rings is 1. The third kappa shape index (κ3) is 2.30. The highest BCUT2D eigenvalue weighted by Gasteiger charge is 2.35. The summed E-state index contributed by atoms with van der Waals surface area (Å²) in [4.78, 5) is 11.7. The first-order chi connectivity index (χ1) is 8.13. The lowest BCUT2D eigenvalue weighted by molar-refractivity contribution is -0.138. The summed E-state index contributed by atoms with van der Waals surface area (Å²) in [6, 6.07) is 6.08. The molecule has 2 rings (SSSR count). The SMILES string of the molecule is CN1C(c2ccc(F)cc2)CC(=O)N1CCO. The molecule has 0 aliphatic carbocycles. The third-order valence-corrected chi connectivity index (χ3v) is 3.05. The average Bonchev–Trinajstić information content (AvgIpc) is 2.59. The number of aliphatic hydroxyl groups excluding tert-OH is 1. The Hall–Kier alpha value is -1.46.